The second-order valence-electron chi connectivity index (χ2n) is 13.4. The van der Waals surface area contributed by atoms with E-state index in [4.69, 9.17) is 19.6 Å². The first-order valence-corrected chi connectivity index (χ1v) is 16.3. The first kappa shape index (κ1) is 30.9. The molecule has 0 radical (unpaired) electrons. The Labute approximate surface area is 273 Å². The normalized spacial score (nSPS) is 15.5. The summed E-state index contributed by atoms with van der Waals surface area (Å²) in [5, 5.41) is 15.5. The number of halogens is 1. The van der Waals surface area contributed by atoms with E-state index >= 15 is 4.39 Å². The summed E-state index contributed by atoms with van der Waals surface area (Å²) in [4.78, 5) is 19.9. The van der Waals surface area contributed by atoms with Crippen LogP contribution in [-0.2, 0) is 16.0 Å². The second-order valence-corrected chi connectivity index (χ2v) is 13.4. The molecule has 2 aromatic heterocycles. The molecule has 3 aromatic carbocycles. The first-order chi connectivity index (χ1) is 22.6. The fourth-order valence-corrected chi connectivity index (χ4v) is 6.80. The van der Waals surface area contributed by atoms with Gasteiger partial charge in [-0.05, 0) is 75.8 Å². The van der Waals surface area contributed by atoms with Gasteiger partial charge in [0.1, 0.15) is 18.2 Å². The number of carboxylic acid groups (broad SMARTS) is 1. The van der Waals surface area contributed by atoms with Crippen LogP contribution in [0.3, 0.4) is 0 Å². The van der Waals surface area contributed by atoms with Gasteiger partial charge in [-0.15, -0.1) is 0 Å². The van der Waals surface area contributed by atoms with Gasteiger partial charge >= 0.3 is 5.97 Å². The Morgan fingerprint density at radius 1 is 0.979 bits per heavy atom. The Kier molecular flexibility index (Phi) is 7.96. The maximum Gasteiger partial charge on any atom is 0.337 e. The monoisotopic (exact) mass is 634 g/mol. The zero-order valence-electron chi connectivity index (χ0n) is 27.2. The minimum absolute atomic E-state index is 0.215. The Hall–Kier alpha value is -4.76. The van der Waals surface area contributed by atoms with Crippen molar-refractivity contribution in [3.63, 3.8) is 0 Å². The molecule has 0 saturated heterocycles. The molecule has 0 aliphatic carbocycles. The van der Waals surface area contributed by atoms with E-state index in [1.54, 1.807) is 38.3 Å². The highest BCUT2D eigenvalue weighted by Crippen LogP contribution is 2.42. The number of anilines is 1. The third kappa shape index (κ3) is 5.96. The van der Waals surface area contributed by atoms with Crippen molar-refractivity contribution in [1.82, 2.24) is 14.6 Å². The fourth-order valence-electron chi connectivity index (χ4n) is 6.80. The van der Waals surface area contributed by atoms with Crippen molar-refractivity contribution in [2.75, 3.05) is 24.6 Å². The molecule has 47 heavy (non-hydrogen) atoms. The van der Waals surface area contributed by atoms with Crippen molar-refractivity contribution in [3.8, 4) is 39.4 Å². The predicted molar refractivity (Wildman–Crippen MR) is 180 cm³/mol. The van der Waals surface area contributed by atoms with E-state index in [0.29, 0.717) is 41.6 Å². The predicted octanol–water partition coefficient (Wildman–Crippen LogP) is 8.04. The van der Waals surface area contributed by atoms with E-state index in [1.165, 1.54) is 17.2 Å². The quantitative estimate of drug-likeness (QED) is 0.215. The van der Waals surface area contributed by atoms with E-state index < -0.39 is 23.5 Å². The molecule has 5 aromatic rings. The van der Waals surface area contributed by atoms with Crippen molar-refractivity contribution >= 4 is 17.3 Å². The van der Waals surface area contributed by atoms with Gasteiger partial charge in [-0.2, -0.15) is 5.10 Å². The molecule has 6 bridgehead atoms. The summed E-state index contributed by atoms with van der Waals surface area (Å²) in [7, 11) is 0. The molecule has 2 aliphatic rings. The molecule has 9 heteroatoms. The number of rotatable bonds is 3. The number of aryl methyl sites for hydroxylation is 2. The number of fused-ring (bicyclic) bond motifs is 8. The second kappa shape index (κ2) is 12.1. The van der Waals surface area contributed by atoms with Crippen molar-refractivity contribution < 1.29 is 23.8 Å². The molecule has 4 heterocycles. The maximum absolute atomic E-state index is 16.4. The summed E-state index contributed by atoms with van der Waals surface area (Å²) < 4.78 is 30.0. The zero-order valence-corrected chi connectivity index (χ0v) is 27.2. The zero-order chi connectivity index (χ0) is 32.9. The number of nitrogens with zero attached hydrogens (tertiary/aromatic N) is 4. The first-order valence-electron chi connectivity index (χ1n) is 16.3. The summed E-state index contributed by atoms with van der Waals surface area (Å²) in [6.07, 6.45) is 2.61. The molecule has 0 unspecified atom stereocenters. The minimum atomic E-state index is -1.42. The van der Waals surface area contributed by atoms with E-state index in [1.807, 2.05) is 18.2 Å². The Bertz CT molecular complexity index is 2000. The van der Waals surface area contributed by atoms with Crippen LogP contribution in [0.5, 0.6) is 5.75 Å². The Morgan fingerprint density at radius 3 is 2.60 bits per heavy atom. The van der Waals surface area contributed by atoms with Gasteiger partial charge in [-0.25, -0.2) is 18.7 Å². The van der Waals surface area contributed by atoms with E-state index in [9.17, 15) is 9.90 Å². The summed E-state index contributed by atoms with van der Waals surface area (Å²) in [6, 6.07) is 21.8. The number of aliphatic carboxylic acids is 1. The SMILES string of the molecule is Cc1nc2cc3nn2c(c1[C@H](OC(C)(C)C)C(=O)O)-c1cc2c(cc1F)OCCN2CCCCCc1ccccc1-c1cccc-3c1. The molecule has 1 atom stereocenters. The molecule has 2 aliphatic heterocycles. The number of hydrogen-bond donors (Lipinski definition) is 1. The molecule has 8 nitrogen and oxygen atoms in total. The number of aromatic nitrogens is 3. The van der Waals surface area contributed by atoms with Gasteiger partial charge in [0, 0.05) is 41.1 Å². The third-order valence-electron chi connectivity index (χ3n) is 8.91. The summed E-state index contributed by atoms with van der Waals surface area (Å²) in [5.41, 5.74) is 6.74. The maximum atomic E-state index is 16.4. The molecule has 242 valence electrons. The number of carboxylic acids is 1. The number of carbonyl (C=O) groups is 1. The fraction of sp³-hybridized carbons (Fsp3) is 0.342. The topological polar surface area (TPSA) is 89.2 Å². The van der Waals surface area contributed by atoms with E-state index in [0.717, 1.165) is 49.0 Å². The van der Waals surface area contributed by atoms with Gasteiger partial charge < -0.3 is 19.5 Å². The van der Waals surface area contributed by atoms with Crippen LogP contribution in [0.1, 0.15) is 63.0 Å². The standard InChI is InChI=1S/C38H39FN4O4/c1-23-34(36(37(44)45)47-38(2,3)4)35-28-20-31-32(21-29(28)39)46-18-17-42(31)16-9-5-6-11-24-12-7-8-15-27(24)25-13-10-14-26(19-25)30-22-33(40-23)43(35)41-30/h7-8,10,12-15,19-22,36H,5-6,9,11,16-18H2,1-4H3,(H,44,45)/t36-/m0/s1. The minimum Gasteiger partial charge on any atom is -0.489 e. The Morgan fingerprint density at radius 2 is 1.79 bits per heavy atom. The van der Waals surface area contributed by atoms with E-state index in [-0.39, 0.29) is 11.1 Å². The largest absolute Gasteiger partial charge is 0.489 e. The van der Waals surface area contributed by atoms with Crippen LogP contribution in [0.25, 0.3) is 39.3 Å². The van der Waals surface area contributed by atoms with Crippen LogP contribution in [0, 0.1) is 12.7 Å². The molecule has 7 rings (SSSR count). The highest BCUT2D eigenvalue weighted by Gasteiger charge is 2.35. The average Bonchev–Trinajstić information content (AvgIpc) is 3.46. The van der Waals surface area contributed by atoms with Crippen LogP contribution in [0.2, 0.25) is 0 Å². The summed E-state index contributed by atoms with van der Waals surface area (Å²) in [5.74, 6) is -1.26. The number of hydrogen-bond acceptors (Lipinski definition) is 6. The molecule has 0 amide bonds. The number of ether oxygens (including phenoxy) is 2. The van der Waals surface area contributed by atoms with Crippen molar-refractivity contribution in [2.24, 2.45) is 0 Å². The molecule has 0 saturated carbocycles. The third-order valence-corrected chi connectivity index (χ3v) is 8.91. The van der Waals surface area contributed by atoms with Gasteiger partial charge in [-0.1, -0.05) is 48.9 Å². The van der Waals surface area contributed by atoms with Gasteiger partial charge in [0.15, 0.2) is 11.8 Å². The van der Waals surface area contributed by atoms with Crippen molar-refractivity contribution in [2.45, 2.75) is 65.1 Å². The molecular formula is C38H39FN4O4. The lowest BCUT2D eigenvalue weighted by atomic mass is 9.94. The number of benzene rings is 3. The van der Waals surface area contributed by atoms with Gasteiger partial charge in [0.25, 0.3) is 0 Å². The average molecular weight is 635 g/mol. The van der Waals surface area contributed by atoms with Crippen LogP contribution in [-0.4, -0.2) is 51.0 Å². The highest BCUT2D eigenvalue weighted by atomic mass is 19.1. The summed E-state index contributed by atoms with van der Waals surface area (Å²) >= 11 is 0. The molecular weight excluding hydrogens is 595 g/mol. The van der Waals surface area contributed by atoms with Gasteiger partial charge in [0.2, 0.25) is 0 Å². The van der Waals surface area contributed by atoms with Crippen molar-refractivity contribution in [1.29, 1.82) is 0 Å². The van der Waals surface area contributed by atoms with Crippen LogP contribution < -0.4 is 9.64 Å². The Balaban J connectivity index is 1.52. The molecule has 0 spiro atoms. The van der Waals surface area contributed by atoms with Crippen LogP contribution in [0.4, 0.5) is 10.1 Å². The van der Waals surface area contributed by atoms with Crippen LogP contribution >= 0.6 is 0 Å². The molecule has 0 fully saturated rings. The summed E-state index contributed by atoms with van der Waals surface area (Å²) in [6.45, 7) is 9.05. The van der Waals surface area contributed by atoms with E-state index in [2.05, 4.69) is 41.3 Å². The van der Waals surface area contributed by atoms with Crippen molar-refractivity contribution in [3.05, 3.63) is 89.4 Å². The lowest BCUT2D eigenvalue weighted by Gasteiger charge is -2.32. The lowest BCUT2D eigenvalue weighted by molar-refractivity contribution is -0.160. The molecule has 1 N–H and O–H groups in total. The smallest absolute Gasteiger partial charge is 0.337 e. The highest BCUT2D eigenvalue weighted by molar-refractivity contribution is 5.83. The van der Waals surface area contributed by atoms with Gasteiger partial charge in [-0.3, -0.25) is 0 Å². The lowest BCUT2D eigenvalue weighted by Crippen LogP contribution is -2.33. The van der Waals surface area contributed by atoms with Crippen LogP contribution in [0.15, 0.2) is 66.7 Å². The van der Waals surface area contributed by atoms with Gasteiger partial charge in [0.05, 0.1) is 29.2 Å².